The summed E-state index contributed by atoms with van der Waals surface area (Å²) in [5.74, 6) is -0.00119. The molecule has 136 valence electrons. The number of benzene rings is 1. The molecule has 0 radical (unpaired) electrons. The summed E-state index contributed by atoms with van der Waals surface area (Å²) in [6.45, 7) is 2.86. The fourth-order valence-electron chi connectivity index (χ4n) is 2.97. The highest BCUT2D eigenvalue weighted by molar-refractivity contribution is 5.94. The quantitative estimate of drug-likeness (QED) is 0.739. The van der Waals surface area contributed by atoms with Gasteiger partial charge in [-0.15, -0.1) is 0 Å². The average molecular weight is 346 g/mol. The Hall–Kier alpha value is -2.21. The third-order valence-corrected chi connectivity index (χ3v) is 4.51. The predicted molar refractivity (Wildman–Crippen MR) is 95.2 cm³/mol. The summed E-state index contributed by atoms with van der Waals surface area (Å²) in [7, 11) is 1.59. The SMILES string of the molecule is COCCNC(=O)Cc1ccc(NC(=O)C2CCC(=O)C(C)C2)cc1. The first-order chi connectivity index (χ1) is 12.0. The first kappa shape index (κ1) is 19.1. The average Bonchev–Trinajstić information content (AvgIpc) is 2.59. The summed E-state index contributed by atoms with van der Waals surface area (Å²) in [5.41, 5.74) is 1.59. The van der Waals surface area contributed by atoms with Gasteiger partial charge in [-0.1, -0.05) is 19.1 Å². The molecule has 2 amide bonds. The van der Waals surface area contributed by atoms with Crippen LogP contribution in [-0.4, -0.2) is 37.9 Å². The summed E-state index contributed by atoms with van der Waals surface area (Å²) >= 11 is 0. The first-order valence-corrected chi connectivity index (χ1v) is 8.67. The molecule has 6 nitrogen and oxygen atoms in total. The topological polar surface area (TPSA) is 84.5 Å². The summed E-state index contributed by atoms with van der Waals surface area (Å²) in [5, 5.41) is 5.67. The number of rotatable bonds is 7. The van der Waals surface area contributed by atoms with Crippen LogP contribution < -0.4 is 10.6 Å². The van der Waals surface area contributed by atoms with Crippen molar-refractivity contribution < 1.29 is 19.1 Å². The van der Waals surface area contributed by atoms with Crippen molar-refractivity contribution in [1.29, 1.82) is 0 Å². The summed E-state index contributed by atoms with van der Waals surface area (Å²) in [4.78, 5) is 35.6. The van der Waals surface area contributed by atoms with Gasteiger partial charge in [0.1, 0.15) is 5.78 Å². The Balaban J connectivity index is 1.82. The lowest BCUT2D eigenvalue weighted by Gasteiger charge is -2.24. The van der Waals surface area contributed by atoms with Gasteiger partial charge in [-0.25, -0.2) is 0 Å². The molecule has 0 bridgehead atoms. The van der Waals surface area contributed by atoms with Gasteiger partial charge in [0.25, 0.3) is 0 Å². The third kappa shape index (κ3) is 5.98. The minimum Gasteiger partial charge on any atom is -0.383 e. The van der Waals surface area contributed by atoms with E-state index in [1.165, 1.54) is 0 Å². The van der Waals surface area contributed by atoms with Crippen LogP contribution in [0.5, 0.6) is 0 Å². The summed E-state index contributed by atoms with van der Waals surface area (Å²) in [6, 6.07) is 7.26. The molecule has 1 saturated carbocycles. The molecule has 1 fully saturated rings. The van der Waals surface area contributed by atoms with E-state index in [-0.39, 0.29) is 29.4 Å². The van der Waals surface area contributed by atoms with Crippen molar-refractivity contribution in [3.05, 3.63) is 29.8 Å². The summed E-state index contributed by atoms with van der Waals surface area (Å²) in [6.07, 6.45) is 2.01. The molecule has 1 aliphatic carbocycles. The zero-order chi connectivity index (χ0) is 18.2. The van der Waals surface area contributed by atoms with Crippen LogP contribution in [-0.2, 0) is 25.5 Å². The second kappa shape index (κ2) is 9.32. The molecular weight excluding hydrogens is 320 g/mol. The van der Waals surface area contributed by atoms with Gasteiger partial charge in [0.05, 0.1) is 13.0 Å². The summed E-state index contributed by atoms with van der Waals surface area (Å²) < 4.78 is 4.88. The molecule has 0 saturated heterocycles. The Labute approximate surface area is 148 Å². The maximum absolute atomic E-state index is 12.3. The van der Waals surface area contributed by atoms with E-state index >= 15 is 0 Å². The minimum absolute atomic E-state index is 0.0376. The Kier molecular flexibility index (Phi) is 7.13. The molecule has 0 aliphatic heterocycles. The van der Waals surface area contributed by atoms with Crippen molar-refractivity contribution >= 4 is 23.3 Å². The van der Waals surface area contributed by atoms with Gasteiger partial charge in [-0.2, -0.15) is 0 Å². The molecule has 6 heteroatoms. The number of hydrogen-bond acceptors (Lipinski definition) is 4. The van der Waals surface area contributed by atoms with E-state index < -0.39 is 0 Å². The molecule has 2 rings (SSSR count). The number of methoxy groups -OCH3 is 1. The van der Waals surface area contributed by atoms with Gasteiger partial charge in [-0.3, -0.25) is 14.4 Å². The van der Waals surface area contributed by atoms with Gasteiger partial charge >= 0.3 is 0 Å². The van der Waals surface area contributed by atoms with E-state index in [2.05, 4.69) is 10.6 Å². The van der Waals surface area contributed by atoms with Crippen molar-refractivity contribution in [2.75, 3.05) is 25.6 Å². The van der Waals surface area contributed by atoms with E-state index in [4.69, 9.17) is 4.74 Å². The minimum atomic E-state index is -0.112. The third-order valence-electron chi connectivity index (χ3n) is 4.51. The maximum atomic E-state index is 12.3. The second-order valence-corrected chi connectivity index (χ2v) is 6.54. The molecule has 2 N–H and O–H groups in total. The zero-order valence-electron chi connectivity index (χ0n) is 14.8. The Morgan fingerprint density at radius 1 is 1.24 bits per heavy atom. The molecule has 0 spiro atoms. The smallest absolute Gasteiger partial charge is 0.227 e. The number of carbonyl (C=O) groups excluding carboxylic acids is 3. The molecule has 2 unspecified atom stereocenters. The van der Waals surface area contributed by atoms with E-state index in [1.54, 1.807) is 19.2 Å². The Morgan fingerprint density at radius 3 is 2.60 bits per heavy atom. The number of ether oxygens (including phenoxy) is 1. The molecule has 1 aromatic rings. The lowest BCUT2D eigenvalue weighted by molar-refractivity contribution is -0.128. The molecule has 1 aliphatic rings. The fourth-order valence-corrected chi connectivity index (χ4v) is 2.97. The van der Waals surface area contributed by atoms with Crippen LogP contribution in [0.2, 0.25) is 0 Å². The Morgan fingerprint density at radius 2 is 1.96 bits per heavy atom. The van der Waals surface area contributed by atoms with Crippen LogP contribution in [0.25, 0.3) is 0 Å². The number of carbonyl (C=O) groups is 3. The number of anilines is 1. The van der Waals surface area contributed by atoms with Crippen molar-refractivity contribution in [2.24, 2.45) is 11.8 Å². The highest BCUT2D eigenvalue weighted by atomic mass is 16.5. The highest BCUT2D eigenvalue weighted by Gasteiger charge is 2.29. The van der Waals surface area contributed by atoms with Crippen molar-refractivity contribution in [3.8, 4) is 0 Å². The van der Waals surface area contributed by atoms with Gasteiger partial charge in [-0.05, 0) is 30.5 Å². The first-order valence-electron chi connectivity index (χ1n) is 8.67. The zero-order valence-corrected chi connectivity index (χ0v) is 14.8. The molecular formula is C19H26N2O4. The van der Waals surface area contributed by atoms with E-state index in [1.807, 2.05) is 19.1 Å². The van der Waals surface area contributed by atoms with E-state index in [9.17, 15) is 14.4 Å². The molecule has 25 heavy (non-hydrogen) atoms. The van der Waals surface area contributed by atoms with Gasteiger partial charge < -0.3 is 15.4 Å². The maximum Gasteiger partial charge on any atom is 0.227 e. The molecule has 2 atom stereocenters. The fraction of sp³-hybridized carbons (Fsp3) is 0.526. The van der Waals surface area contributed by atoms with Crippen LogP contribution in [0.15, 0.2) is 24.3 Å². The number of nitrogens with one attached hydrogen (secondary N) is 2. The van der Waals surface area contributed by atoms with E-state index in [0.29, 0.717) is 44.5 Å². The lowest BCUT2D eigenvalue weighted by Crippen LogP contribution is -2.31. The van der Waals surface area contributed by atoms with Gasteiger partial charge in [0.15, 0.2) is 0 Å². The van der Waals surface area contributed by atoms with Crippen LogP contribution in [0, 0.1) is 11.8 Å². The van der Waals surface area contributed by atoms with Gasteiger partial charge in [0.2, 0.25) is 11.8 Å². The monoisotopic (exact) mass is 346 g/mol. The highest BCUT2D eigenvalue weighted by Crippen LogP contribution is 2.27. The van der Waals surface area contributed by atoms with E-state index in [0.717, 1.165) is 5.56 Å². The normalized spacial score (nSPS) is 20.2. The second-order valence-electron chi connectivity index (χ2n) is 6.54. The predicted octanol–water partition coefficient (Wildman–Crippen LogP) is 1.94. The van der Waals surface area contributed by atoms with Crippen molar-refractivity contribution in [1.82, 2.24) is 5.32 Å². The number of amides is 2. The standard InChI is InChI=1S/C19H26N2O4/c1-13-11-15(5-8-17(13)22)19(24)21-16-6-3-14(4-7-16)12-18(23)20-9-10-25-2/h3-4,6-7,13,15H,5,8-12H2,1-2H3,(H,20,23)(H,21,24). The molecule has 1 aromatic carbocycles. The van der Waals surface area contributed by atoms with Gasteiger partial charge in [0, 0.05) is 37.6 Å². The van der Waals surface area contributed by atoms with Crippen molar-refractivity contribution in [3.63, 3.8) is 0 Å². The molecule has 0 heterocycles. The number of hydrogen-bond donors (Lipinski definition) is 2. The van der Waals surface area contributed by atoms with Crippen LogP contribution in [0.1, 0.15) is 31.7 Å². The Bertz CT molecular complexity index is 612. The number of Topliss-reactive ketones (excluding diaryl/α,β-unsaturated/α-hetero) is 1. The number of ketones is 1. The van der Waals surface area contributed by atoms with Crippen LogP contribution in [0.4, 0.5) is 5.69 Å². The largest absolute Gasteiger partial charge is 0.383 e. The van der Waals surface area contributed by atoms with Crippen molar-refractivity contribution in [2.45, 2.75) is 32.6 Å². The lowest BCUT2D eigenvalue weighted by atomic mass is 9.81. The van der Waals surface area contributed by atoms with Crippen LogP contribution >= 0.6 is 0 Å². The van der Waals surface area contributed by atoms with Crippen LogP contribution in [0.3, 0.4) is 0 Å². The molecule has 0 aromatic heterocycles.